The minimum Gasteiger partial charge on any atom is -0.493 e. The predicted octanol–water partition coefficient (Wildman–Crippen LogP) is 17.4. The normalized spacial score (nSPS) is 17.7. The number of fused-ring (bicyclic) bond motifs is 5. The van der Waals surface area contributed by atoms with Crippen LogP contribution in [0.5, 0.6) is 34.5 Å². The van der Waals surface area contributed by atoms with Crippen molar-refractivity contribution in [2.24, 2.45) is 0 Å². The van der Waals surface area contributed by atoms with Crippen molar-refractivity contribution in [3.8, 4) is 34.5 Å². The van der Waals surface area contributed by atoms with Gasteiger partial charge >= 0.3 is 0 Å². The van der Waals surface area contributed by atoms with E-state index in [1.54, 1.807) is 0 Å². The van der Waals surface area contributed by atoms with E-state index in [2.05, 4.69) is 187 Å². The zero-order chi connectivity index (χ0) is 48.8. The summed E-state index contributed by atoms with van der Waals surface area (Å²) in [7, 11) is 0. The van der Waals surface area contributed by atoms with Crippen molar-refractivity contribution < 1.29 is 28.4 Å². The molecular formula is C64H76O6. The van der Waals surface area contributed by atoms with Crippen LogP contribution in [0, 0.1) is 0 Å². The first-order valence-corrected chi connectivity index (χ1v) is 26.7. The molecular weight excluding hydrogens is 865 g/mol. The van der Waals surface area contributed by atoms with Crippen molar-refractivity contribution in [2.75, 3.05) is 13.2 Å². The van der Waals surface area contributed by atoms with E-state index < -0.39 is 11.2 Å². The Morgan fingerprint density at radius 3 is 1.29 bits per heavy atom. The molecule has 0 spiro atoms. The van der Waals surface area contributed by atoms with Gasteiger partial charge in [-0.25, -0.2) is 0 Å². The summed E-state index contributed by atoms with van der Waals surface area (Å²) in [6, 6.07) is 42.1. The van der Waals surface area contributed by atoms with E-state index in [9.17, 15) is 0 Å². The van der Waals surface area contributed by atoms with Crippen molar-refractivity contribution in [1.29, 1.82) is 0 Å². The molecule has 0 saturated heterocycles. The van der Waals surface area contributed by atoms with E-state index in [1.165, 1.54) is 51.4 Å². The van der Waals surface area contributed by atoms with E-state index >= 15 is 0 Å². The predicted molar refractivity (Wildman–Crippen MR) is 289 cm³/mol. The van der Waals surface area contributed by atoms with Crippen LogP contribution in [0.4, 0.5) is 0 Å². The van der Waals surface area contributed by atoms with Crippen LogP contribution in [-0.4, -0.2) is 25.4 Å². The Morgan fingerprint density at radius 2 is 0.871 bits per heavy atom. The molecule has 0 N–H and O–H groups in total. The molecule has 70 heavy (non-hydrogen) atoms. The van der Waals surface area contributed by atoms with Crippen molar-refractivity contribution in [3.63, 3.8) is 0 Å². The molecule has 6 nitrogen and oxygen atoms in total. The van der Waals surface area contributed by atoms with Gasteiger partial charge in [-0.1, -0.05) is 165 Å². The fourth-order valence-electron chi connectivity index (χ4n) is 9.81. The second-order valence-corrected chi connectivity index (χ2v) is 19.3. The van der Waals surface area contributed by atoms with Crippen molar-refractivity contribution in [2.45, 2.75) is 155 Å². The summed E-state index contributed by atoms with van der Waals surface area (Å²) in [5.41, 5.74) is 3.94. The third-order valence-electron chi connectivity index (χ3n) is 14.1. The highest BCUT2D eigenvalue weighted by atomic mass is 16.5. The molecule has 0 bridgehead atoms. The Kier molecular flexibility index (Phi) is 17.3. The second-order valence-electron chi connectivity index (χ2n) is 19.3. The Balaban J connectivity index is 1.19. The van der Waals surface area contributed by atoms with Crippen LogP contribution in [0.25, 0.3) is 22.9 Å². The third-order valence-corrected chi connectivity index (χ3v) is 14.1. The molecule has 8 rings (SSSR count). The van der Waals surface area contributed by atoms with Gasteiger partial charge in [-0.3, -0.25) is 0 Å². The lowest BCUT2D eigenvalue weighted by Gasteiger charge is -2.39. The van der Waals surface area contributed by atoms with Crippen LogP contribution in [0.3, 0.4) is 0 Å². The highest BCUT2D eigenvalue weighted by Gasteiger charge is 2.43. The smallest absolute Gasteiger partial charge is 0.181 e. The van der Waals surface area contributed by atoms with Gasteiger partial charge in [0.15, 0.2) is 11.2 Å². The van der Waals surface area contributed by atoms with Crippen molar-refractivity contribution >= 4 is 22.9 Å². The Bertz CT molecular complexity index is 2490. The maximum Gasteiger partial charge on any atom is 0.181 e. The summed E-state index contributed by atoms with van der Waals surface area (Å²) in [5, 5.41) is 2.17. The molecule has 0 fully saturated rings. The molecule has 2 aliphatic rings. The molecule has 2 heterocycles. The number of benzene rings is 6. The first kappa shape index (κ1) is 50.3. The first-order valence-electron chi connectivity index (χ1n) is 26.7. The van der Waals surface area contributed by atoms with Gasteiger partial charge in [-0.2, -0.15) is 0 Å². The van der Waals surface area contributed by atoms with Crippen LogP contribution >= 0.6 is 0 Å². The molecule has 0 aliphatic carbocycles. The van der Waals surface area contributed by atoms with Gasteiger partial charge < -0.3 is 28.4 Å². The molecule has 6 heteroatoms. The van der Waals surface area contributed by atoms with Gasteiger partial charge in [-0.15, -0.1) is 0 Å². The monoisotopic (exact) mass is 941 g/mol. The van der Waals surface area contributed by atoms with Gasteiger partial charge in [0.1, 0.15) is 34.5 Å². The lowest BCUT2D eigenvalue weighted by atomic mass is 9.81. The zero-order valence-corrected chi connectivity index (χ0v) is 42.8. The van der Waals surface area contributed by atoms with Crippen LogP contribution < -0.4 is 28.4 Å². The van der Waals surface area contributed by atoms with E-state index in [-0.39, 0.29) is 12.2 Å². The van der Waals surface area contributed by atoms with Crippen LogP contribution in [0.2, 0.25) is 0 Å². The average molecular weight is 941 g/mol. The summed E-state index contributed by atoms with van der Waals surface area (Å²) in [6.45, 7) is 14.3. The van der Waals surface area contributed by atoms with E-state index in [1.807, 2.05) is 0 Å². The number of hydrogen-bond donors (Lipinski definition) is 0. The minimum absolute atomic E-state index is 0.0769. The van der Waals surface area contributed by atoms with Crippen LogP contribution in [0.15, 0.2) is 133 Å². The number of rotatable bonds is 26. The highest BCUT2D eigenvalue weighted by Crippen LogP contribution is 2.52. The number of hydrogen-bond acceptors (Lipinski definition) is 6. The van der Waals surface area contributed by atoms with E-state index in [0.29, 0.717) is 13.2 Å². The zero-order valence-electron chi connectivity index (χ0n) is 42.8. The quantitative estimate of drug-likeness (QED) is 0.0505. The van der Waals surface area contributed by atoms with Crippen LogP contribution in [-0.2, 0) is 11.2 Å². The molecule has 4 atom stereocenters. The lowest BCUT2D eigenvalue weighted by molar-refractivity contribution is 0.153. The van der Waals surface area contributed by atoms with Gasteiger partial charge in [0, 0.05) is 50.9 Å². The molecule has 0 aromatic heterocycles. The molecule has 0 saturated carbocycles. The Hall–Kier alpha value is -6.14. The summed E-state index contributed by atoms with van der Waals surface area (Å²) in [5.74, 6) is 4.69. The molecule has 4 unspecified atom stereocenters. The van der Waals surface area contributed by atoms with Crippen molar-refractivity contribution in [3.05, 3.63) is 167 Å². The van der Waals surface area contributed by atoms with E-state index in [0.717, 1.165) is 117 Å². The Labute approximate surface area is 419 Å². The van der Waals surface area contributed by atoms with Crippen LogP contribution in [0.1, 0.15) is 165 Å². The fraction of sp³-hybridized carbons (Fsp3) is 0.406. The fourth-order valence-corrected chi connectivity index (χ4v) is 9.81. The largest absolute Gasteiger partial charge is 0.493 e. The second kappa shape index (κ2) is 24.1. The molecule has 368 valence electrons. The summed E-state index contributed by atoms with van der Waals surface area (Å²) >= 11 is 0. The summed E-state index contributed by atoms with van der Waals surface area (Å²) in [6.07, 6.45) is 25.1. The lowest BCUT2D eigenvalue weighted by Crippen LogP contribution is -2.35. The van der Waals surface area contributed by atoms with E-state index in [4.69, 9.17) is 28.4 Å². The Morgan fingerprint density at radius 1 is 0.457 bits per heavy atom. The number of unbranched alkanes of at least 4 members (excludes halogenated alkanes) is 10. The SMILES string of the molecule is CCCCCCCCOc1cc(OC(C)CC)ccc1C1(c2ccccc2)C=Cc2c(ccc3ccc4c(c23)C=CC(c2ccccc2)(c2ccc(OC(C)CC)cc2OCCCCCCCC)O4)O1. The average Bonchev–Trinajstić information content (AvgIpc) is 3.40. The molecule has 2 aliphatic heterocycles. The molecule has 6 aromatic rings. The van der Waals surface area contributed by atoms with Gasteiger partial charge in [0.05, 0.1) is 25.4 Å². The summed E-state index contributed by atoms with van der Waals surface area (Å²) < 4.78 is 41.2. The molecule has 0 amide bonds. The summed E-state index contributed by atoms with van der Waals surface area (Å²) in [4.78, 5) is 0. The number of ether oxygens (including phenoxy) is 6. The van der Waals surface area contributed by atoms with Gasteiger partial charge in [-0.05, 0) is 106 Å². The standard InChI is InChI=1S/C64H76O6/c1-7-11-13-15-17-25-43-65-60-45-52(67-47(5)9-3)33-35-56(60)63(50-27-21-19-22-28-50)41-39-54-58(69-63)37-31-49-32-38-59-55(62(49)54)40-42-64(70-59,51-29-23-20-24-30-51)57-36-34-53(68-48(6)10-4)46-61(57)66-44-26-18-16-14-12-8-2/h19-24,27-42,45-48H,7-18,25-26,43-44H2,1-6H3. The highest BCUT2D eigenvalue weighted by molar-refractivity contribution is 6.02. The third kappa shape index (κ3) is 11.4. The maximum atomic E-state index is 7.46. The maximum absolute atomic E-state index is 7.46. The minimum atomic E-state index is -0.979. The first-order chi connectivity index (χ1) is 34.3. The topological polar surface area (TPSA) is 55.4 Å². The molecule has 0 radical (unpaired) electrons. The van der Waals surface area contributed by atoms with Crippen molar-refractivity contribution in [1.82, 2.24) is 0 Å². The van der Waals surface area contributed by atoms with Gasteiger partial charge in [0.25, 0.3) is 0 Å². The molecule has 6 aromatic carbocycles. The van der Waals surface area contributed by atoms with Gasteiger partial charge in [0.2, 0.25) is 0 Å².